The zero-order valence-corrected chi connectivity index (χ0v) is 12.6. The fourth-order valence-corrected chi connectivity index (χ4v) is 2.44. The van der Waals surface area contributed by atoms with E-state index in [0.29, 0.717) is 5.92 Å². The molecule has 0 spiro atoms. The van der Waals surface area contributed by atoms with Crippen molar-refractivity contribution in [2.45, 2.75) is 52.7 Å². The molecule has 5 nitrogen and oxygen atoms in total. The minimum Gasteiger partial charge on any atom is -0.366 e. The number of hydrogen-bond acceptors (Lipinski definition) is 3. The molecule has 0 aromatic carbocycles. The molecule has 0 bridgehead atoms. The highest BCUT2D eigenvalue weighted by Gasteiger charge is 2.39. The zero-order chi connectivity index (χ0) is 14.0. The molecule has 0 atom stereocenters. The molecule has 0 aromatic heterocycles. The van der Waals surface area contributed by atoms with Gasteiger partial charge in [0.2, 0.25) is 5.96 Å². The molecule has 5 heteroatoms. The number of nitrogens with zero attached hydrogens (tertiary/aromatic N) is 2. The van der Waals surface area contributed by atoms with E-state index < -0.39 is 0 Å². The highest BCUT2D eigenvalue weighted by atomic mass is 16.5. The highest BCUT2D eigenvalue weighted by Crippen LogP contribution is 2.27. The van der Waals surface area contributed by atoms with Crippen LogP contribution in [0, 0.1) is 5.92 Å². The van der Waals surface area contributed by atoms with Crippen LogP contribution in [0.2, 0.25) is 0 Å². The van der Waals surface area contributed by atoms with E-state index in [1.807, 2.05) is 0 Å². The molecule has 0 aliphatic carbocycles. The molecule has 18 heavy (non-hydrogen) atoms. The van der Waals surface area contributed by atoms with Crippen LogP contribution in [0.4, 0.5) is 0 Å². The highest BCUT2D eigenvalue weighted by molar-refractivity contribution is 5.79. The number of hydrazine groups is 1. The molecule has 0 aromatic rings. The Kier molecular flexibility index (Phi) is 4.61. The number of aliphatic imine (C=N–C) groups is 1. The summed E-state index contributed by atoms with van der Waals surface area (Å²) in [5, 5.41) is 0. The maximum absolute atomic E-state index is 6.05. The lowest BCUT2D eigenvalue weighted by Crippen LogP contribution is -2.61. The Hall–Kier alpha value is -0.810. The lowest BCUT2D eigenvalue weighted by Gasteiger charge is -2.47. The van der Waals surface area contributed by atoms with Crippen LogP contribution < -0.4 is 11.3 Å². The van der Waals surface area contributed by atoms with E-state index in [2.05, 4.69) is 56.9 Å². The Labute approximate surface area is 111 Å². The largest absolute Gasteiger partial charge is 0.366 e. The summed E-state index contributed by atoms with van der Waals surface area (Å²) in [6.07, 6.45) is 0. The zero-order valence-electron chi connectivity index (χ0n) is 12.6. The Morgan fingerprint density at radius 1 is 1.28 bits per heavy atom. The minimum atomic E-state index is -0.197. The molecule has 1 heterocycles. The molecule has 1 aliphatic heterocycles. The molecule has 0 saturated carbocycles. The lowest BCUT2D eigenvalue weighted by molar-refractivity contribution is -0.167. The van der Waals surface area contributed by atoms with Crippen molar-refractivity contribution >= 4 is 5.96 Å². The van der Waals surface area contributed by atoms with E-state index in [0.717, 1.165) is 25.6 Å². The first-order valence-corrected chi connectivity index (χ1v) is 6.61. The molecule has 1 saturated heterocycles. The average molecular weight is 256 g/mol. The number of guanidine groups is 1. The topological polar surface area (TPSA) is 62.9 Å². The van der Waals surface area contributed by atoms with Crippen LogP contribution in [0.3, 0.4) is 0 Å². The summed E-state index contributed by atoms with van der Waals surface area (Å²) in [7, 11) is 0. The third-order valence-corrected chi connectivity index (χ3v) is 2.73. The van der Waals surface area contributed by atoms with Crippen molar-refractivity contribution in [1.82, 2.24) is 10.3 Å². The van der Waals surface area contributed by atoms with Gasteiger partial charge in [-0.3, -0.25) is 10.4 Å². The van der Waals surface area contributed by atoms with Gasteiger partial charge in [0.1, 0.15) is 0 Å². The van der Waals surface area contributed by atoms with Gasteiger partial charge < -0.3 is 9.64 Å². The summed E-state index contributed by atoms with van der Waals surface area (Å²) < 4.78 is 6.05. The first kappa shape index (κ1) is 15.2. The molecule has 0 radical (unpaired) electrons. The van der Waals surface area contributed by atoms with Crippen molar-refractivity contribution in [1.29, 1.82) is 0 Å². The third kappa shape index (κ3) is 4.46. The van der Waals surface area contributed by atoms with Gasteiger partial charge in [-0.1, -0.05) is 13.8 Å². The van der Waals surface area contributed by atoms with Crippen LogP contribution >= 0.6 is 0 Å². The average Bonchev–Trinajstić information content (AvgIpc) is 2.12. The minimum absolute atomic E-state index is 0.197. The van der Waals surface area contributed by atoms with Gasteiger partial charge in [-0.25, -0.2) is 5.84 Å². The molecule has 3 N–H and O–H groups in total. The van der Waals surface area contributed by atoms with Gasteiger partial charge >= 0.3 is 0 Å². The summed E-state index contributed by atoms with van der Waals surface area (Å²) in [4.78, 5) is 6.72. The maximum atomic E-state index is 6.05. The van der Waals surface area contributed by atoms with Crippen molar-refractivity contribution in [3.8, 4) is 0 Å². The number of morpholine rings is 1. The van der Waals surface area contributed by atoms with Crippen molar-refractivity contribution in [2.24, 2.45) is 16.8 Å². The predicted molar refractivity (Wildman–Crippen MR) is 75.3 cm³/mol. The summed E-state index contributed by atoms with van der Waals surface area (Å²) in [5.74, 6) is 6.88. The Morgan fingerprint density at radius 3 is 2.17 bits per heavy atom. The normalized spacial score (nSPS) is 23.3. The molecular weight excluding hydrogens is 228 g/mol. The quantitative estimate of drug-likeness (QED) is 0.339. The fourth-order valence-electron chi connectivity index (χ4n) is 2.44. The standard InChI is InChI=1S/C13H28N4O/c1-10(2)7-15-11(16-14)17-8-12(3,4)18-13(5,6)9-17/h10H,7-9,14H2,1-6H3,(H,15,16). The summed E-state index contributed by atoms with van der Waals surface area (Å²) in [6.45, 7) is 15.0. The van der Waals surface area contributed by atoms with Crippen molar-refractivity contribution in [2.75, 3.05) is 19.6 Å². The monoisotopic (exact) mass is 256 g/mol. The van der Waals surface area contributed by atoms with Crippen LogP contribution in [0.5, 0.6) is 0 Å². The number of rotatable bonds is 2. The van der Waals surface area contributed by atoms with Crippen molar-refractivity contribution in [3.05, 3.63) is 0 Å². The Morgan fingerprint density at radius 2 is 1.78 bits per heavy atom. The molecule has 1 rings (SSSR count). The lowest BCUT2D eigenvalue weighted by atomic mass is 9.99. The van der Waals surface area contributed by atoms with Gasteiger partial charge in [0, 0.05) is 19.6 Å². The van der Waals surface area contributed by atoms with E-state index in [4.69, 9.17) is 10.6 Å². The summed E-state index contributed by atoms with van der Waals surface area (Å²) in [5.41, 5.74) is 2.33. The number of ether oxygens (including phenoxy) is 1. The van der Waals surface area contributed by atoms with Gasteiger partial charge in [-0.05, 0) is 33.6 Å². The van der Waals surface area contributed by atoms with E-state index in [-0.39, 0.29) is 11.2 Å². The van der Waals surface area contributed by atoms with Crippen LogP contribution in [-0.4, -0.2) is 41.7 Å². The van der Waals surface area contributed by atoms with E-state index in [1.54, 1.807) is 0 Å². The van der Waals surface area contributed by atoms with Crippen LogP contribution in [0.25, 0.3) is 0 Å². The first-order valence-electron chi connectivity index (χ1n) is 6.61. The van der Waals surface area contributed by atoms with Gasteiger partial charge in [-0.15, -0.1) is 0 Å². The molecule has 106 valence electrons. The molecule has 0 amide bonds. The van der Waals surface area contributed by atoms with Crippen LogP contribution in [0.15, 0.2) is 4.99 Å². The van der Waals surface area contributed by atoms with E-state index in [1.165, 1.54) is 0 Å². The second-order valence-corrected chi connectivity index (χ2v) is 6.68. The smallest absolute Gasteiger partial charge is 0.208 e. The molecule has 1 aliphatic rings. The second-order valence-electron chi connectivity index (χ2n) is 6.68. The summed E-state index contributed by atoms with van der Waals surface area (Å²) >= 11 is 0. The SMILES string of the molecule is CC(C)CN=C(NN)N1CC(C)(C)OC(C)(C)C1. The Bertz CT molecular complexity index is 294. The maximum Gasteiger partial charge on any atom is 0.208 e. The van der Waals surface area contributed by atoms with Gasteiger partial charge in [0.15, 0.2) is 0 Å². The summed E-state index contributed by atoms with van der Waals surface area (Å²) in [6, 6.07) is 0. The second kappa shape index (κ2) is 5.45. The van der Waals surface area contributed by atoms with Gasteiger partial charge in [0.05, 0.1) is 11.2 Å². The van der Waals surface area contributed by atoms with Crippen LogP contribution in [-0.2, 0) is 4.74 Å². The van der Waals surface area contributed by atoms with Crippen LogP contribution in [0.1, 0.15) is 41.5 Å². The van der Waals surface area contributed by atoms with Crippen molar-refractivity contribution < 1.29 is 4.74 Å². The van der Waals surface area contributed by atoms with E-state index >= 15 is 0 Å². The fraction of sp³-hybridized carbons (Fsp3) is 0.923. The Balaban J connectivity index is 2.82. The molecule has 1 fully saturated rings. The van der Waals surface area contributed by atoms with Gasteiger partial charge in [-0.2, -0.15) is 0 Å². The predicted octanol–water partition coefficient (Wildman–Crippen LogP) is 1.35. The molecular formula is C13H28N4O. The third-order valence-electron chi connectivity index (χ3n) is 2.73. The molecule has 0 unspecified atom stereocenters. The van der Waals surface area contributed by atoms with E-state index in [9.17, 15) is 0 Å². The van der Waals surface area contributed by atoms with Gasteiger partial charge in [0.25, 0.3) is 0 Å². The first-order chi connectivity index (χ1) is 8.15. The number of nitrogens with two attached hydrogens (primary N) is 1. The number of nitrogens with one attached hydrogen (secondary N) is 1. The van der Waals surface area contributed by atoms with Crippen molar-refractivity contribution in [3.63, 3.8) is 0 Å². The number of hydrogen-bond donors (Lipinski definition) is 2.